The Morgan fingerprint density at radius 1 is 1.25 bits per heavy atom. The van der Waals surface area contributed by atoms with Gasteiger partial charge < -0.3 is 29.5 Å². The molecule has 2 aromatic carbocycles. The lowest BCUT2D eigenvalue weighted by molar-refractivity contribution is 0.0126. The fraction of sp³-hybridized carbons (Fsp3) is 0.357. The molecule has 2 N–H and O–H groups in total. The molecule has 0 spiro atoms. The highest BCUT2D eigenvalue weighted by atomic mass is 79.9. The van der Waals surface area contributed by atoms with Crippen molar-refractivity contribution in [2.75, 3.05) is 18.4 Å². The van der Waals surface area contributed by atoms with E-state index in [2.05, 4.69) is 36.2 Å². The molecule has 1 fully saturated rings. The standard InChI is InChI=1S/C28H29BrFN5O5/c1-28(2,3)40-27(37)35-8-6-16(7-9-35)25(34-20-5-4-18(29)11-19(20)30)39-24-12-23-17(10-22(24)36)13-32-21-14-31-15-33-26(21)38-23/h4-5,10-16,25,34,36H,6-9H2,1-3H3. The number of hydrogen-bond donors (Lipinski definition) is 2. The molecule has 10 nitrogen and oxygen atoms in total. The lowest BCUT2D eigenvalue weighted by atomic mass is 9.94. The van der Waals surface area contributed by atoms with Crippen LogP contribution < -0.4 is 14.8 Å². The molecule has 0 aliphatic carbocycles. The van der Waals surface area contributed by atoms with Crippen LogP contribution in [0, 0.1) is 11.7 Å². The van der Waals surface area contributed by atoms with E-state index < -0.39 is 17.6 Å². The van der Waals surface area contributed by atoms with Gasteiger partial charge in [0.05, 0.1) is 11.9 Å². The number of piperidine rings is 1. The molecule has 2 aliphatic heterocycles. The first-order valence-corrected chi connectivity index (χ1v) is 13.6. The number of rotatable bonds is 5. The predicted octanol–water partition coefficient (Wildman–Crippen LogP) is 6.40. The maximum Gasteiger partial charge on any atom is 0.410 e. The highest BCUT2D eigenvalue weighted by Crippen LogP contribution is 2.40. The van der Waals surface area contributed by atoms with Crippen molar-refractivity contribution >= 4 is 39.6 Å². The molecule has 2 aliphatic rings. The molecule has 1 atom stereocenters. The Hall–Kier alpha value is -3.93. The fourth-order valence-corrected chi connectivity index (χ4v) is 4.76. The Balaban J connectivity index is 1.39. The molecular weight excluding hydrogens is 585 g/mol. The number of benzene rings is 2. The zero-order chi connectivity index (χ0) is 28.4. The van der Waals surface area contributed by atoms with Crippen LogP contribution in [0.5, 0.6) is 23.1 Å². The Morgan fingerprint density at radius 3 is 2.75 bits per heavy atom. The van der Waals surface area contributed by atoms with E-state index >= 15 is 0 Å². The van der Waals surface area contributed by atoms with E-state index in [0.29, 0.717) is 47.4 Å². The number of likely N-dealkylation sites (tertiary alicyclic amines) is 1. The molecular formula is C28H29BrFN5O5. The summed E-state index contributed by atoms with van der Waals surface area (Å²) in [6.45, 7) is 6.36. The SMILES string of the molecule is CC(C)(C)OC(=O)N1CCC(C(Nc2ccc(Br)cc2F)Oc2cc3c(cc2O)C=Nc2cncnc2O3)CC1. The lowest BCUT2D eigenvalue weighted by Crippen LogP contribution is -2.46. The molecule has 3 heterocycles. The minimum absolute atomic E-state index is 0.129. The second kappa shape index (κ2) is 11.3. The summed E-state index contributed by atoms with van der Waals surface area (Å²) >= 11 is 3.28. The van der Waals surface area contributed by atoms with Gasteiger partial charge in [0.1, 0.15) is 29.2 Å². The molecule has 0 radical (unpaired) electrons. The van der Waals surface area contributed by atoms with Gasteiger partial charge in [0.15, 0.2) is 17.7 Å². The van der Waals surface area contributed by atoms with Crippen LogP contribution in [0.2, 0.25) is 0 Å². The molecule has 210 valence electrons. The van der Waals surface area contributed by atoms with Gasteiger partial charge in [-0.1, -0.05) is 15.9 Å². The average Bonchev–Trinajstić information content (AvgIpc) is 3.08. The van der Waals surface area contributed by atoms with E-state index in [9.17, 15) is 14.3 Å². The first-order chi connectivity index (χ1) is 19.1. The van der Waals surface area contributed by atoms with Gasteiger partial charge in [-0.2, -0.15) is 4.98 Å². The van der Waals surface area contributed by atoms with Crippen molar-refractivity contribution in [3.8, 4) is 23.1 Å². The van der Waals surface area contributed by atoms with E-state index in [-0.39, 0.29) is 35.1 Å². The number of carbonyl (C=O) groups excluding carboxylic acids is 1. The maximum absolute atomic E-state index is 14.8. The van der Waals surface area contributed by atoms with Crippen molar-refractivity contribution in [1.29, 1.82) is 0 Å². The number of anilines is 1. The van der Waals surface area contributed by atoms with Crippen molar-refractivity contribution < 1.29 is 28.5 Å². The molecule has 12 heteroatoms. The molecule has 1 amide bonds. The van der Waals surface area contributed by atoms with E-state index in [1.54, 1.807) is 29.3 Å². The molecule has 5 rings (SSSR count). The molecule has 1 saturated heterocycles. The van der Waals surface area contributed by atoms with Gasteiger partial charge in [0.25, 0.3) is 0 Å². The van der Waals surface area contributed by atoms with Crippen molar-refractivity contribution in [2.24, 2.45) is 10.9 Å². The number of nitrogens with one attached hydrogen (secondary N) is 1. The summed E-state index contributed by atoms with van der Waals surface area (Å²) < 4.78 is 33.2. The third-order valence-electron chi connectivity index (χ3n) is 6.40. The zero-order valence-corrected chi connectivity index (χ0v) is 23.8. The van der Waals surface area contributed by atoms with Crippen molar-refractivity contribution in [1.82, 2.24) is 14.9 Å². The Kier molecular flexibility index (Phi) is 7.79. The Morgan fingerprint density at radius 2 is 2.02 bits per heavy atom. The fourth-order valence-electron chi connectivity index (χ4n) is 4.42. The number of phenolic OH excluding ortho intramolecular Hbond substituents is 1. The van der Waals surface area contributed by atoms with Gasteiger partial charge in [0.2, 0.25) is 5.88 Å². The summed E-state index contributed by atoms with van der Waals surface area (Å²) in [5.74, 6) is 0.0477. The van der Waals surface area contributed by atoms with Crippen LogP contribution in [0.3, 0.4) is 0 Å². The number of aromatic hydroxyl groups is 1. The number of hydrogen-bond acceptors (Lipinski definition) is 9. The Bertz CT molecular complexity index is 1440. The normalized spacial score (nSPS) is 15.8. The second-order valence-electron chi connectivity index (χ2n) is 10.5. The quantitative estimate of drug-likeness (QED) is 0.248. The van der Waals surface area contributed by atoms with Crippen LogP contribution in [0.15, 0.2) is 52.3 Å². The molecule has 40 heavy (non-hydrogen) atoms. The summed E-state index contributed by atoms with van der Waals surface area (Å²) in [7, 11) is 0. The lowest BCUT2D eigenvalue weighted by Gasteiger charge is -2.37. The molecule has 0 saturated carbocycles. The van der Waals surface area contributed by atoms with E-state index in [4.69, 9.17) is 14.2 Å². The number of aromatic nitrogens is 2. The number of phenols is 1. The Labute approximate surface area is 239 Å². The van der Waals surface area contributed by atoms with Crippen LogP contribution in [-0.2, 0) is 4.74 Å². The number of nitrogens with zero attached hydrogens (tertiary/aromatic N) is 4. The first kappa shape index (κ1) is 27.6. The van der Waals surface area contributed by atoms with Crippen molar-refractivity contribution in [3.05, 3.63) is 58.7 Å². The van der Waals surface area contributed by atoms with Gasteiger partial charge in [-0.25, -0.2) is 19.2 Å². The van der Waals surface area contributed by atoms with Gasteiger partial charge in [-0.15, -0.1) is 0 Å². The summed E-state index contributed by atoms with van der Waals surface area (Å²) in [6, 6.07) is 7.72. The minimum atomic E-state index is -0.741. The number of amides is 1. The van der Waals surface area contributed by atoms with Crippen LogP contribution in [0.1, 0.15) is 39.2 Å². The highest BCUT2D eigenvalue weighted by molar-refractivity contribution is 9.10. The van der Waals surface area contributed by atoms with Crippen LogP contribution in [-0.4, -0.2) is 57.2 Å². The maximum atomic E-state index is 14.8. The molecule has 0 bridgehead atoms. The number of ether oxygens (including phenoxy) is 3. The zero-order valence-electron chi connectivity index (χ0n) is 22.2. The molecule has 1 aromatic heterocycles. The van der Waals surface area contributed by atoms with Crippen LogP contribution in [0.4, 0.5) is 20.6 Å². The van der Waals surface area contributed by atoms with E-state index in [0.717, 1.165) is 0 Å². The third-order valence-corrected chi connectivity index (χ3v) is 6.89. The highest BCUT2D eigenvalue weighted by Gasteiger charge is 2.33. The topological polar surface area (TPSA) is 118 Å². The largest absolute Gasteiger partial charge is 0.504 e. The summed E-state index contributed by atoms with van der Waals surface area (Å²) in [6.07, 6.45) is 4.44. The van der Waals surface area contributed by atoms with Gasteiger partial charge >= 0.3 is 6.09 Å². The van der Waals surface area contributed by atoms with E-state index in [1.807, 2.05) is 20.8 Å². The minimum Gasteiger partial charge on any atom is -0.504 e. The first-order valence-electron chi connectivity index (χ1n) is 12.8. The summed E-state index contributed by atoms with van der Waals surface area (Å²) in [4.78, 5) is 26.7. The second-order valence-corrected chi connectivity index (χ2v) is 11.5. The number of carbonyl (C=O) groups is 1. The molecule has 1 unspecified atom stereocenters. The molecule has 3 aromatic rings. The smallest absolute Gasteiger partial charge is 0.410 e. The van der Waals surface area contributed by atoms with Gasteiger partial charge in [-0.05, 0) is 57.9 Å². The van der Waals surface area contributed by atoms with E-state index in [1.165, 1.54) is 24.7 Å². The van der Waals surface area contributed by atoms with Crippen LogP contribution >= 0.6 is 15.9 Å². The van der Waals surface area contributed by atoms with Gasteiger partial charge in [-0.3, -0.25) is 0 Å². The average molecular weight is 614 g/mol. The number of fused-ring (bicyclic) bond motifs is 2. The number of aliphatic imine (C=N–C) groups is 1. The van der Waals surface area contributed by atoms with Crippen molar-refractivity contribution in [3.63, 3.8) is 0 Å². The third kappa shape index (κ3) is 6.44. The number of halogens is 2. The summed E-state index contributed by atoms with van der Waals surface area (Å²) in [5, 5.41) is 14.0. The van der Waals surface area contributed by atoms with Crippen molar-refractivity contribution in [2.45, 2.75) is 45.4 Å². The van der Waals surface area contributed by atoms with Crippen LogP contribution in [0.25, 0.3) is 0 Å². The van der Waals surface area contributed by atoms with Gasteiger partial charge in [0, 0.05) is 41.3 Å². The monoisotopic (exact) mass is 613 g/mol. The summed E-state index contributed by atoms with van der Waals surface area (Å²) in [5.41, 5.74) is 0.619. The predicted molar refractivity (Wildman–Crippen MR) is 150 cm³/mol.